The lowest BCUT2D eigenvalue weighted by Crippen LogP contribution is -2.05. The topological polar surface area (TPSA) is 60.2 Å². The van der Waals surface area contributed by atoms with E-state index in [0.717, 1.165) is 6.26 Å². The molecule has 0 unspecified atom stereocenters. The number of nitrogens with two attached hydrogens (primary N) is 1. The quantitative estimate of drug-likeness (QED) is 0.812. The van der Waals surface area contributed by atoms with Crippen LogP contribution in [-0.4, -0.2) is 21.2 Å². The van der Waals surface area contributed by atoms with Crippen LogP contribution in [0.15, 0.2) is 23.1 Å². The molecule has 0 saturated heterocycles. The van der Waals surface area contributed by atoms with E-state index in [-0.39, 0.29) is 4.90 Å². The zero-order valence-electron chi connectivity index (χ0n) is 7.83. The molecule has 0 amide bonds. The summed E-state index contributed by atoms with van der Waals surface area (Å²) < 4.78 is 35.4. The summed E-state index contributed by atoms with van der Waals surface area (Å²) in [4.78, 5) is -0.265. The largest absolute Gasteiger partial charge is 0.330 e. The Morgan fingerprint density at radius 3 is 2.50 bits per heavy atom. The summed E-state index contributed by atoms with van der Waals surface area (Å²) in [6, 6.07) is 4.06. The van der Waals surface area contributed by atoms with Crippen molar-refractivity contribution < 1.29 is 12.8 Å². The van der Waals surface area contributed by atoms with Gasteiger partial charge in [0, 0.05) is 6.26 Å². The van der Waals surface area contributed by atoms with Gasteiger partial charge in [-0.1, -0.05) is 6.07 Å². The van der Waals surface area contributed by atoms with Gasteiger partial charge >= 0.3 is 0 Å². The van der Waals surface area contributed by atoms with Gasteiger partial charge in [-0.05, 0) is 30.7 Å². The molecule has 0 spiro atoms. The highest BCUT2D eigenvalue weighted by atomic mass is 32.2. The second kappa shape index (κ2) is 4.06. The highest BCUT2D eigenvalue weighted by Gasteiger charge is 2.13. The number of benzene rings is 1. The Morgan fingerprint density at radius 1 is 1.43 bits per heavy atom. The minimum Gasteiger partial charge on any atom is -0.330 e. The standard InChI is InChI=1S/C9H12FNO2S/c1-14(12,13)9-3-2-7(4-5-11)6-8(9)10/h2-3,6H,4-5,11H2,1H3. The van der Waals surface area contributed by atoms with E-state index in [4.69, 9.17) is 5.73 Å². The monoisotopic (exact) mass is 217 g/mol. The van der Waals surface area contributed by atoms with Gasteiger partial charge in [0.05, 0.1) is 0 Å². The average molecular weight is 217 g/mol. The predicted molar refractivity (Wildman–Crippen MR) is 52.3 cm³/mol. The van der Waals surface area contributed by atoms with Crippen LogP contribution in [0, 0.1) is 5.82 Å². The summed E-state index contributed by atoms with van der Waals surface area (Å²) in [5, 5.41) is 0. The van der Waals surface area contributed by atoms with Gasteiger partial charge < -0.3 is 5.73 Å². The van der Waals surface area contributed by atoms with E-state index in [2.05, 4.69) is 0 Å². The average Bonchev–Trinajstić information content (AvgIpc) is 2.02. The van der Waals surface area contributed by atoms with E-state index in [1.165, 1.54) is 12.1 Å². The molecule has 1 aromatic carbocycles. The van der Waals surface area contributed by atoms with Crippen molar-refractivity contribution >= 4 is 9.84 Å². The van der Waals surface area contributed by atoms with Gasteiger partial charge in [0.25, 0.3) is 0 Å². The second-order valence-corrected chi connectivity index (χ2v) is 5.06. The lowest BCUT2D eigenvalue weighted by Gasteiger charge is -2.03. The molecule has 14 heavy (non-hydrogen) atoms. The van der Waals surface area contributed by atoms with Crippen molar-refractivity contribution in [2.75, 3.05) is 12.8 Å². The fraction of sp³-hybridized carbons (Fsp3) is 0.333. The van der Waals surface area contributed by atoms with Crippen LogP contribution in [0.25, 0.3) is 0 Å². The summed E-state index contributed by atoms with van der Waals surface area (Å²) in [7, 11) is -3.47. The fourth-order valence-corrected chi connectivity index (χ4v) is 1.90. The molecule has 78 valence electrons. The smallest absolute Gasteiger partial charge is 0.178 e. The lowest BCUT2D eigenvalue weighted by atomic mass is 10.1. The molecule has 1 aromatic rings. The molecular weight excluding hydrogens is 205 g/mol. The molecule has 0 aliphatic heterocycles. The van der Waals surface area contributed by atoms with E-state index in [9.17, 15) is 12.8 Å². The normalized spacial score (nSPS) is 11.6. The Hall–Kier alpha value is -0.940. The van der Waals surface area contributed by atoms with Crippen LogP contribution in [-0.2, 0) is 16.3 Å². The van der Waals surface area contributed by atoms with Crippen molar-refractivity contribution in [2.24, 2.45) is 5.73 Å². The Kier molecular flexibility index (Phi) is 3.23. The first-order valence-electron chi connectivity index (χ1n) is 4.13. The van der Waals surface area contributed by atoms with Crippen LogP contribution < -0.4 is 5.73 Å². The molecule has 0 radical (unpaired) electrons. The Balaban J connectivity index is 3.15. The van der Waals surface area contributed by atoms with Gasteiger partial charge in [0.2, 0.25) is 0 Å². The molecule has 1 rings (SSSR count). The van der Waals surface area contributed by atoms with Crippen LogP contribution in [0.4, 0.5) is 4.39 Å². The van der Waals surface area contributed by atoms with Crippen LogP contribution >= 0.6 is 0 Å². The molecule has 0 aliphatic carbocycles. The van der Waals surface area contributed by atoms with Crippen molar-refractivity contribution in [3.63, 3.8) is 0 Å². The molecule has 2 N–H and O–H groups in total. The van der Waals surface area contributed by atoms with Crippen LogP contribution in [0.5, 0.6) is 0 Å². The number of sulfone groups is 1. The van der Waals surface area contributed by atoms with Crippen LogP contribution in [0.2, 0.25) is 0 Å². The third kappa shape index (κ3) is 2.52. The number of hydrogen-bond donors (Lipinski definition) is 1. The van der Waals surface area contributed by atoms with Gasteiger partial charge in [-0.3, -0.25) is 0 Å². The van der Waals surface area contributed by atoms with Crippen LogP contribution in [0.3, 0.4) is 0 Å². The summed E-state index contributed by atoms with van der Waals surface area (Å²) >= 11 is 0. The van der Waals surface area contributed by atoms with Gasteiger partial charge in [0.1, 0.15) is 10.7 Å². The minimum absolute atomic E-state index is 0.265. The third-order valence-corrected chi connectivity index (χ3v) is 2.96. The maximum absolute atomic E-state index is 13.2. The number of hydrogen-bond acceptors (Lipinski definition) is 3. The first-order chi connectivity index (χ1) is 6.45. The summed E-state index contributed by atoms with van der Waals surface area (Å²) in [6.45, 7) is 0.414. The third-order valence-electron chi connectivity index (χ3n) is 1.83. The van der Waals surface area contributed by atoms with E-state index < -0.39 is 15.7 Å². The maximum atomic E-state index is 13.2. The van der Waals surface area contributed by atoms with E-state index in [1.54, 1.807) is 6.07 Å². The Morgan fingerprint density at radius 2 is 2.07 bits per heavy atom. The van der Waals surface area contributed by atoms with Crippen molar-refractivity contribution in [1.29, 1.82) is 0 Å². The van der Waals surface area contributed by atoms with Crippen molar-refractivity contribution in [3.8, 4) is 0 Å². The minimum atomic E-state index is -3.47. The summed E-state index contributed by atoms with van der Waals surface area (Å²) in [6.07, 6.45) is 1.52. The SMILES string of the molecule is CS(=O)(=O)c1ccc(CCN)cc1F. The molecule has 0 bridgehead atoms. The van der Waals surface area contributed by atoms with Crippen molar-refractivity contribution in [3.05, 3.63) is 29.6 Å². The van der Waals surface area contributed by atoms with E-state index in [1.807, 2.05) is 0 Å². The molecule has 0 fully saturated rings. The molecule has 0 atom stereocenters. The van der Waals surface area contributed by atoms with Crippen molar-refractivity contribution in [2.45, 2.75) is 11.3 Å². The Labute approximate surface area is 82.7 Å². The molecule has 0 aliphatic rings. The van der Waals surface area contributed by atoms with Gasteiger partial charge in [0.15, 0.2) is 9.84 Å². The first kappa shape index (κ1) is 11.1. The summed E-state index contributed by atoms with van der Waals surface area (Å²) in [5.74, 6) is -0.710. The van der Waals surface area contributed by atoms with Gasteiger partial charge in [-0.2, -0.15) is 0 Å². The van der Waals surface area contributed by atoms with E-state index in [0.29, 0.717) is 18.5 Å². The zero-order chi connectivity index (χ0) is 10.8. The van der Waals surface area contributed by atoms with Gasteiger partial charge in [-0.25, -0.2) is 12.8 Å². The number of halogens is 1. The highest BCUT2D eigenvalue weighted by Crippen LogP contribution is 2.15. The molecule has 0 heterocycles. The lowest BCUT2D eigenvalue weighted by molar-refractivity contribution is 0.569. The molecule has 5 heteroatoms. The first-order valence-corrected chi connectivity index (χ1v) is 6.03. The molecule has 3 nitrogen and oxygen atoms in total. The fourth-order valence-electron chi connectivity index (χ4n) is 1.17. The Bertz CT molecular complexity index is 428. The highest BCUT2D eigenvalue weighted by molar-refractivity contribution is 7.90. The maximum Gasteiger partial charge on any atom is 0.178 e. The summed E-state index contributed by atoms with van der Waals surface area (Å²) in [5.41, 5.74) is 6.00. The molecule has 0 aromatic heterocycles. The zero-order valence-corrected chi connectivity index (χ0v) is 8.64. The van der Waals surface area contributed by atoms with Crippen LogP contribution in [0.1, 0.15) is 5.56 Å². The van der Waals surface area contributed by atoms with E-state index >= 15 is 0 Å². The number of rotatable bonds is 3. The molecule has 0 saturated carbocycles. The molecular formula is C9H12FNO2S. The second-order valence-electron chi connectivity index (χ2n) is 3.08. The van der Waals surface area contributed by atoms with Crippen molar-refractivity contribution in [1.82, 2.24) is 0 Å². The van der Waals surface area contributed by atoms with Gasteiger partial charge in [-0.15, -0.1) is 0 Å². The predicted octanol–water partition coefficient (Wildman–Crippen LogP) is 0.730.